The van der Waals surface area contributed by atoms with Crippen LogP contribution in [0.15, 0.2) is 18.2 Å². The average molecular weight is 300 g/mol. The van der Waals surface area contributed by atoms with Gasteiger partial charge < -0.3 is 10.1 Å². The van der Waals surface area contributed by atoms with E-state index in [1.54, 1.807) is 12.1 Å². The van der Waals surface area contributed by atoms with Gasteiger partial charge in [-0.05, 0) is 50.9 Å². The highest BCUT2D eigenvalue weighted by molar-refractivity contribution is 6.30. The molecule has 20 heavy (non-hydrogen) atoms. The van der Waals surface area contributed by atoms with Crippen molar-refractivity contribution in [3.05, 3.63) is 34.6 Å². The van der Waals surface area contributed by atoms with Crippen LogP contribution in [0.2, 0.25) is 5.02 Å². The molecule has 1 heterocycles. The number of likely N-dealkylation sites (N-methyl/N-ethyl adjacent to an activating group) is 1. The quantitative estimate of drug-likeness (QED) is 0.916. The first kappa shape index (κ1) is 15.7. The molecule has 0 aromatic heterocycles. The molecule has 5 unspecified atom stereocenters. The third-order valence-electron chi connectivity index (χ3n) is 4.59. The minimum absolute atomic E-state index is 0.189. The first-order chi connectivity index (χ1) is 9.43. The number of hydrogen-bond donors (Lipinski definition) is 1. The number of nitrogens with one attached hydrogen (secondary N) is 1. The number of rotatable bonds is 4. The van der Waals surface area contributed by atoms with E-state index in [2.05, 4.69) is 26.1 Å². The van der Waals surface area contributed by atoms with Gasteiger partial charge in [0.1, 0.15) is 5.82 Å². The molecule has 0 amide bonds. The predicted octanol–water partition coefficient (Wildman–Crippen LogP) is 3.67. The van der Waals surface area contributed by atoms with E-state index in [9.17, 15) is 4.39 Å². The van der Waals surface area contributed by atoms with Gasteiger partial charge in [-0.25, -0.2) is 4.39 Å². The summed E-state index contributed by atoms with van der Waals surface area (Å²) in [6.45, 7) is 6.50. The Morgan fingerprint density at radius 1 is 1.30 bits per heavy atom. The molecule has 5 atom stereocenters. The van der Waals surface area contributed by atoms with E-state index in [1.165, 1.54) is 6.07 Å². The van der Waals surface area contributed by atoms with Crippen LogP contribution in [-0.2, 0) is 11.2 Å². The van der Waals surface area contributed by atoms with E-state index in [0.29, 0.717) is 17.9 Å². The monoisotopic (exact) mass is 299 g/mol. The van der Waals surface area contributed by atoms with Crippen LogP contribution in [0.4, 0.5) is 4.39 Å². The lowest BCUT2D eigenvalue weighted by atomic mass is 9.81. The van der Waals surface area contributed by atoms with Crippen LogP contribution in [-0.4, -0.2) is 25.3 Å². The van der Waals surface area contributed by atoms with Crippen molar-refractivity contribution in [2.45, 2.75) is 45.4 Å². The van der Waals surface area contributed by atoms with Gasteiger partial charge in [0.15, 0.2) is 0 Å². The molecule has 1 aliphatic heterocycles. The second kappa shape index (κ2) is 6.42. The van der Waals surface area contributed by atoms with Gasteiger partial charge in [-0.3, -0.25) is 0 Å². The number of ether oxygens (including phenoxy) is 1. The van der Waals surface area contributed by atoms with Crippen molar-refractivity contribution >= 4 is 11.6 Å². The molecule has 1 aromatic carbocycles. The van der Waals surface area contributed by atoms with E-state index >= 15 is 0 Å². The maximum atomic E-state index is 13.2. The average Bonchev–Trinajstić information content (AvgIpc) is 2.65. The van der Waals surface area contributed by atoms with Crippen molar-refractivity contribution in [2.24, 2.45) is 11.8 Å². The van der Waals surface area contributed by atoms with Crippen molar-refractivity contribution in [3.63, 3.8) is 0 Å². The van der Waals surface area contributed by atoms with Gasteiger partial charge in [0.05, 0.1) is 17.2 Å². The van der Waals surface area contributed by atoms with Crippen LogP contribution in [0, 0.1) is 17.7 Å². The van der Waals surface area contributed by atoms with Gasteiger partial charge in [0, 0.05) is 12.0 Å². The van der Waals surface area contributed by atoms with Crippen LogP contribution in [0.5, 0.6) is 0 Å². The summed E-state index contributed by atoms with van der Waals surface area (Å²) >= 11 is 5.86. The zero-order valence-corrected chi connectivity index (χ0v) is 13.2. The van der Waals surface area contributed by atoms with E-state index < -0.39 is 0 Å². The van der Waals surface area contributed by atoms with Gasteiger partial charge in [-0.2, -0.15) is 0 Å². The van der Waals surface area contributed by atoms with E-state index in [-0.39, 0.29) is 23.0 Å². The second-order valence-electron chi connectivity index (χ2n) is 5.83. The van der Waals surface area contributed by atoms with Crippen molar-refractivity contribution in [1.29, 1.82) is 0 Å². The molecule has 0 aliphatic carbocycles. The van der Waals surface area contributed by atoms with Gasteiger partial charge >= 0.3 is 0 Å². The fourth-order valence-electron chi connectivity index (χ4n) is 3.34. The molecule has 2 rings (SSSR count). The largest absolute Gasteiger partial charge is 0.375 e. The topological polar surface area (TPSA) is 21.3 Å². The Kier molecular flexibility index (Phi) is 5.05. The first-order valence-electron chi connectivity index (χ1n) is 7.20. The van der Waals surface area contributed by atoms with Crippen LogP contribution >= 0.6 is 11.6 Å². The zero-order chi connectivity index (χ0) is 14.9. The molecule has 112 valence electrons. The molecule has 0 saturated carbocycles. The fourth-order valence-corrected chi connectivity index (χ4v) is 3.54. The highest BCUT2D eigenvalue weighted by Gasteiger charge is 2.41. The Morgan fingerprint density at radius 3 is 2.50 bits per heavy atom. The number of halogens is 2. The third-order valence-corrected chi connectivity index (χ3v) is 4.88. The number of benzene rings is 1. The molecule has 1 aromatic rings. The zero-order valence-electron chi connectivity index (χ0n) is 12.5. The Hall–Kier alpha value is -0.640. The van der Waals surface area contributed by atoms with Crippen LogP contribution in [0.3, 0.4) is 0 Å². The molecular formula is C16H23ClFNO. The summed E-state index contributed by atoms with van der Waals surface area (Å²) in [5, 5.41) is 3.58. The van der Waals surface area contributed by atoms with Crippen LogP contribution in [0.25, 0.3) is 0 Å². The standard InChI is InChI=1S/C16H23ClFNO/c1-9-10(2)20-11(3)16(9)15(19-4)8-12-5-6-14(18)13(17)7-12/h5-7,9-11,15-16,19H,8H2,1-4H3. The van der Waals surface area contributed by atoms with E-state index in [4.69, 9.17) is 16.3 Å². The minimum Gasteiger partial charge on any atom is -0.375 e. The Bertz CT molecular complexity index is 468. The summed E-state index contributed by atoms with van der Waals surface area (Å²) in [5.41, 5.74) is 1.05. The molecule has 2 nitrogen and oxygen atoms in total. The van der Waals surface area contributed by atoms with Gasteiger partial charge in [-0.1, -0.05) is 24.6 Å². The molecule has 0 radical (unpaired) electrons. The molecule has 1 N–H and O–H groups in total. The second-order valence-corrected chi connectivity index (χ2v) is 6.24. The lowest BCUT2D eigenvalue weighted by Crippen LogP contribution is -2.41. The molecule has 1 aliphatic rings. The summed E-state index contributed by atoms with van der Waals surface area (Å²) < 4.78 is 19.2. The molecule has 0 spiro atoms. The summed E-state index contributed by atoms with van der Waals surface area (Å²) in [6.07, 6.45) is 1.34. The predicted molar refractivity (Wildman–Crippen MR) is 80.6 cm³/mol. The molecule has 4 heteroatoms. The maximum absolute atomic E-state index is 13.2. The highest BCUT2D eigenvalue weighted by atomic mass is 35.5. The minimum atomic E-state index is -0.365. The van der Waals surface area contributed by atoms with Gasteiger partial charge in [-0.15, -0.1) is 0 Å². The highest BCUT2D eigenvalue weighted by Crippen LogP contribution is 2.35. The lowest BCUT2D eigenvalue weighted by molar-refractivity contribution is 0.0479. The molecule has 0 bridgehead atoms. The molecular weight excluding hydrogens is 277 g/mol. The third kappa shape index (κ3) is 3.16. The van der Waals surface area contributed by atoms with Crippen LogP contribution in [0.1, 0.15) is 26.3 Å². The van der Waals surface area contributed by atoms with Crippen molar-refractivity contribution in [1.82, 2.24) is 5.32 Å². The maximum Gasteiger partial charge on any atom is 0.141 e. The Morgan fingerprint density at radius 2 is 2.00 bits per heavy atom. The summed E-state index contributed by atoms with van der Waals surface area (Å²) in [4.78, 5) is 0. The van der Waals surface area contributed by atoms with E-state index in [1.807, 2.05) is 7.05 Å². The van der Waals surface area contributed by atoms with Crippen LogP contribution < -0.4 is 5.32 Å². The van der Waals surface area contributed by atoms with Crippen molar-refractivity contribution in [3.8, 4) is 0 Å². The van der Waals surface area contributed by atoms with Gasteiger partial charge in [0.25, 0.3) is 0 Å². The Labute approximate surface area is 125 Å². The van der Waals surface area contributed by atoms with Gasteiger partial charge in [0.2, 0.25) is 0 Å². The smallest absolute Gasteiger partial charge is 0.141 e. The first-order valence-corrected chi connectivity index (χ1v) is 7.58. The normalized spacial score (nSPS) is 31.5. The van der Waals surface area contributed by atoms with E-state index in [0.717, 1.165) is 12.0 Å². The summed E-state index contributed by atoms with van der Waals surface area (Å²) in [7, 11) is 1.97. The SMILES string of the molecule is CNC(Cc1ccc(F)c(Cl)c1)C1C(C)OC(C)C1C. The summed E-state index contributed by atoms with van der Waals surface area (Å²) in [6, 6.07) is 5.26. The van der Waals surface area contributed by atoms with Crippen molar-refractivity contribution < 1.29 is 9.13 Å². The fraction of sp³-hybridized carbons (Fsp3) is 0.625. The van der Waals surface area contributed by atoms with Crippen molar-refractivity contribution in [2.75, 3.05) is 7.05 Å². The molecule has 1 saturated heterocycles. The lowest BCUT2D eigenvalue weighted by Gasteiger charge is -2.29. The summed E-state index contributed by atoms with van der Waals surface area (Å²) in [5.74, 6) is 0.577. The number of hydrogen-bond acceptors (Lipinski definition) is 2. The molecule has 1 fully saturated rings. The Balaban J connectivity index is 2.14.